The molecule has 0 saturated heterocycles. The lowest BCUT2D eigenvalue weighted by Gasteiger charge is -2.29. The van der Waals surface area contributed by atoms with Crippen molar-refractivity contribution < 1.29 is 93.0 Å². The van der Waals surface area contributed by atoms with Crippen molar-refractivity contribution in [3.63, 3.8) is 0 Å². The molecule has 79 heavy (non-hydrogen) atoms. The van der Waals surface area contributed by atoms with Crippen LogP contribution in [0.1, 0.15) is 106 Å². The Morgan fingerprint density at radius 2 is 0.785 bits per heavy atom. The largest absolute Gasteiger partial charge is 0.481 e. The highest BCUT2D eigenvalue weighted by Gasteiger charge is 2.38. The molecule has 0 aromatic heterocycles. The number of aliphatic hydroxyl groups excluding tert-OH is 3. The molecule has 33 heteroatoms. The van der Waals surface area contributed by atoms with Crippen molar-refractivity contribution in [3.05, 3.63) is 0 Å². The fourth-order valence-corrected chi connectivity index (χ4v) is 7.11. The molecule has 0 aromatic carbocycles. The van der Waals surface area contributed by atoms with Gasteiger partial charge in [-0.1, -0.05) is 27.7 Å². The lowest BCUT2D eigenvalue weighted by Crippen LogP contribution is -2.63. The first kappa shape index (κ1) is 71.2. The fourth-order valence-electron chi connectivity index (χ4n) is 7.11. The summed E-state index contributed by atoms with van der Waals surface area (Å²) < 4.78 is 0. The number of rotatable bonds is 38. The average molecular weight is 1130 g/mol. The van der Waals surface area contributed by atoms with E-state index in [9.17, 15) is 87.9 Å². The van der Waals surface area contributed by atoms with Gasteiger partial charge in [0, 0.05) is 19.4 Å². The van der Waals surface area contributed by atoms with Gasteiger partial charge < -0.3 is 101 Å². The molecule has 0 aromatic rings. The van der Waals surface area contributed by atoms with Crippen LogP contribution in [0.4, 0.5) is 0 Å². The van der Waals surface area contributed by atoms with E-state index in [0.29, 0.717) is 0 Å². The van der Waals surface area contributed by atoms with Crippen LogP contribution in [-0.2, 0) is 62.3 Å². The summed E-state index contributed by atoms with van der Waals surface area (Å²) in [6.07, 6.45) is -7.29. The summed E-state index contributed by atoms with van der Waals surface area (Å²) in [5.74, 6) is -16.7. The number of nitrogens with one attached hydrogen (secondary N) is 11. The molecule has 0 aliphatic rings. The predicted molar refractivity (Wildman–Crippen MR) is 275 cm³/mol. The maximum Gasteiger partial charge on any atom is 0.326 e. The molecule has 0 radical (unpaired) electrons. The molecule has 0 fully saturated rings. The first-order valence-electron chi connectivity index (χ1n) is 25.1. The third kappa shape index (κ3) is 28.4. The van der Waals surface area contributed by atoms with E-state index >= 15 is 0 Å². The summed E-state index contributed by atoms with van der Waals surface area (Å²) in [6.45, 7) is 8.80. The number of hydrogen-bond acceptors (Lipinski definition) is 18. The topological polar surface area (TPSA) is 565 Å². The second-order valence-corrected chi connectivity index (χ2v) is 19.5. The summed E-state index contributed by atoms with van der Waals surface area (Å²) in [4.78, 5) is 168. The number of primary amides is 1. The Morgan fingerprint density at radius 3 is 1.14 bits per heavy atom. The number of aliphatic carboxylic acids is 3. The smallest absolute Gasteiger partial charge is 0.326 e. The van der Waals surface area contributed by atoms with E-state index in [4.69, 9.17) is 27.7 Å². The van der Waals surface area contributed by atoms with E-state index in [2.05, 4.69) is 53.2 Å². The summed E-state index contributed by atoms with van der Waals surface area (Å²) in [5, 5.41) is 89.7. The molecule has 0 bridgehead atoms. The van der Waals surface area contributed by atoms with E-state index in [1.54, 1.807) is 27.7 Å². The number of hydrogen-bond donors (Lipinski definition) is 20. The van der Waals surface area contributed by atoms with Crippen LogP contribution in [-0.4, -0.2) is 199 Å². The van der Waals surface area contributed by atoms with Crippen LogP contribution in [0.25, 0.3) is 0 Å². The van der Waals surface area contributed by atoms with Gasteiger partial charge in [-0.15, -0.1) is 0 Å². The highest BCUT2D eigenvalue weighted by molar-refractivity contribution is 5.99. The third-order valence-corrected chi connectivity index (χ3v) is 11.2. The van der Waals surface area contributed by atoms with Crippen molar-refractivity contribution in [3.8, 4) is 0 Å². The number of carbonyl (C=O) groups excluding carboxylic acids is 10. The molecular formula is C46H80N14O19. The zero-order valence-electron chi connectivity index (χ0n) is 45.1. The van der Waals surface area contributed by atoms with Gasteiger partial charge in [0.25, 0.3) is 0 Å². The molecule has 23 N–H and O–H groups in total. The Morgan fingerprint density at radius 1 is 0.456 bits per heavy atom. The average Bonchev–Trinajstić information content (AvgIpc) is 3.32. The summed E-state index contributed by atoms with van der Waals surface area (Å²) in [7, 11) is 0. The highest BCUT2D eigenvalue weighted by atomic mass is 16.4. The maximum absolute atomic E-state index is 14.1. The normalized spacial score (nSPS) is 15.7. The van der Waals surface area contributed by atoms with Crippen molar-refractivity contribution in [1.82, 2.24) is 53.2 Å². The molecule has 0 rings (SSSR count). The van der Waals surface area contributed by atoms with Crippen LogP contribution in [0.15, 0.2) is 0 Å². The van der Waals surface area contributed by atoms with E-state index in [-0.39, 0.29) is 44.1 Å². The fraction of sp³-hybridized carbons (Fsp3) is 0.696. The number of carboxylic acid groups (broad SMARTS) is 3. The molecule has 0 aliphatic heterocycles. The molecular weight excluding hydrogens is 1050 g/mol. The number of carbonyl (C=O) groups is 13. The van der Waals surface area contributed by atoms with Gasteiger partial charge in [-0.05, 0) is 71.1 Å². The molecule has 10 amide bonds. The molecule has 0 saturated carbocycles. The van der Waals surface area contributed by atoms with E-state index in [1.807, 2.05) is 0 Å². The van der Waals surface area contributed by atoms with E-state index < -0.39 is 194 Å². The number of guanidine groups is 1. The van der Waals surface area contributed by atoms with E-state index in [1.165, 1.54) is 6.92 Å². The Hall–Kier alpha value is -7.78. The Balaban J connectivity index is 6.76. The Bertz CT molecular complexity index is 2160. The third-order valence-electron chi connectivity index (χ3n) is 11.2. The van der Waals surface area contributed by atoms with Gasteiger partial charge in [-0.2, -0.15) is 0 Å². The maximum atomic E-state index is 14.1. The van der Waals surface area contributed by atoms with Crippen LogP contribution in [0.2, 0.25) is 0 Å². The summed E-state index contributed by atoms with van der Waals surface area (Å²) >= 11 is 0. The molecule has 448 valence electrons. The van der Waals surface area contributed by atoms with Crippen molar-refractivity contribution in [2.75, 3.05) is 13.2 Å². The minimum absolute atomic E-state index is 0.00141. The van der Waals surface area contributed by atoms with Crippen molar-refractivity contribution in [1.29, 1.82) is 5.41 Å². The van der Waals surface area contributed by atoms with Gasteiger partial charge in [0.2, 0.25) is 59.1 Å². The molecule has 0 aliphatic carbocycles. The van der Waals surface area contributed by atoms with Gasteiger partial charge in [0.1, 0.15) is 54.4 Å². The second-order valence-electron chi connectivity index (χ2n) is 19.5. The van der Waals surface area contributed by atoms with Crippen LogP contribution < -0.4 is 70.4 Å². The lowest BCUT2D eigenvalue weighted by atomic mass is 9.99. The number of aliphatic hydroxyl groups is 3. The monoisotopic (exact) mass is 1130 g/mol. The summed E-state index contributed by atoms with van der Waals surface area (Å²) in [5.41, 5.74) is 16.1. The van der Waals surface area contributed by atoms with Gasteiger partial charge in [0.15, 0.2) is 5.96 Å². The van der Waals surface area contributed by atoms with E-state index in [0.717, 1.165) is 13.8 Å². The molecule has 0 heterocycles. The van der Waals surface area contributed by atoms with Gasteiger partial charge in [-0.3, -0.25) is 62.9 Å². The quantitative estimate of drug-likeness (QED) is 0.0155. The van der Waals surface area contributed by atoms with Gasteiger partial charge >= 0.3 is 17.9 Å². The van der Waals surface area contributed by atoms with Crippen LogP contribution >= 0.6 is 0 Å². The van der Waals surface area contributed by atoms with Crippen molar-refractivity contribution in [2.24, 2.45) is 29.0 Å². The molecule has 0 spiro atoms. The van der Waals surface area contributed by atoms with Crippen molar-refractivity contribution in [2.45, 2.75) is 179 Å². The minimum Gasteiger partial charge on any atom is -0.481 e. The molecule has 0 unspecified atom stereocenters. The van der Waals surface area contributed by atoms with Crippen LogP contribution in [0, 0.1) is 17.2 Å². The zero-order chi connectivity index (χ0) is 61.0. The standard InChI is InChI=1S/C46H80N14O19/c1-19(2)15-27(40(73)56-28(16-20(3)4)41(74)57-29(45(78)79)17-31(48)64)55-37(70)24(9-8-14-51-46(49)50)53-38(71)25(10-12-32(65)66)54-42(75)30(18-61)58-43(76)34(22(6)62)60-44(77)35(23(7)63)59-39(72)26(11-13-33(67)68)52-36(69)21(5)47/h19-30,34-35,61-63H,8-18,47H2,1-7H3,(H2,48,64)(H,52,69)(H,53,71)(H,54,75)(H,55,70)(H,56,73)(H,57,74)(H,58,76)(H,59,72)(H,60,77)(H,65,66)(H,67,68)(H,78,79)(H4,49,50,51)/t21-,22+,23+,24-,25-,26-,27-,28-,29-,30-,34-,35-/m0/s1. The first-order chi connectivity index (χ1) is 36.6. The zero-order valence-corrected chi connectivity index (χ0v) is 45.1. The van der Waals surface area contributed by atoms with Gasteiger partial charge in [0.05, 0.1) is 31.3 Å². The minimum atomic E-state index is -2.02. The van der Waals surface area contributed by atoms with Crippen LogP contribution in [0.5, 0.6) is 0 Å². The first-order valence-corrected chi connectivity index (χ1v) is 25.1. The Kier molecular flexibility index (Phi) is 32.1. The lowest BCUT2D eigenvalue weighted by molar-refractivity contribution is -0.144. The summed E-state index contributed by atoms with van der Waals surface area (Å²) in [6, 6.07) is -16.7. The number of nitrogens with two attached hydrogens (primary N) is 3. The van der Waals surface area contributed by atoms with Crippen molar-refractivity contribution >= 4 is 82.9 Å². The molecule has 33 nitrogen and oxygen atoms in total. The highest BCUT2D eigenvalue weighted by Crippen LogP contribution is 2.12. The second kappa shape index (κ2) is 35.6. The Labute approximate surface area is 454 Å². The van der Waals surface area contributed by atoms with Crippen LogP contribution in [0.3, 0.4) is 0 Å². The SMILES string of the molecule is CC(C)C[C@H](NC(=O)[C@H](CC(C)C)NC(=O)[C@H](CCCNC(=N)N)NC(=O)[C@H](CCC(=O)O)NC(=O)[C@H](CO)NC(=O)[C@@H](NC(=O)[C@@H](NC(=O)[C@H](CCC(=O)O)NC(=O)[C@H](C)N)[C@@H](C)O)[C@@H](C)O)C(=O)N[C@@H](CC(N)=O)C(=O)O. The predicted octanol–water partition coefficient (Wildman–Crippen LogP) is -7.50. The van der Waals surface area contributed by atoms with Gasteiger partial charge in [-0.25, -0.2) is 4.79 Å². The number of amides is 10. The molecule has 12 atom stereocenters. The number of carboxylic acids is 3.